The Morgan fingerprint density at radius 1 is 1.31 bits per heavy atom. The number of ether oxygens (including phenoxy) is 1. The fraction of sp³-hybridized carbons (Fsp3) is 0.308. The lowest BCUT2D eigenvalue weighted by Crippen LogP contribution is -2.24. The van der Waals surface area contributed by atoms with Gasteiger partial charge in [0.1, 0.15) is 18.5 Å². The molecule has 1 aromatic carbocycles. The fourth-order valence-corrected chi connectivity index (χ4v) is 1.40. The second-order valence-electron chi connectivity index (χ2n) is 3.94. The summed E-state index contributed by atoms with van der Waals surface area (Å²) < 4.78 is 5.64. The van der Waals surface area contributed by atoms with Crippen LogP contribution in [0.4, 0.5) is 0 Å². The van der Waals surface area contributed by atoms with E-state index >= 15 is 0 Å². The van der Waals surface area contributed by atoms with Crippen LogP contribution >= 0.6 is 0 Å². The first kappa shape index (κ1) is 10.7. The first-order valence-corrected chi connectivity index (χ1v) is 5.42. The second-order valence-corrected chi connectivity index (χ2v) is 3.94. The third-order valence-electron chi connectivity index (χ3n) is 2.40. The Labute approximate surface area is 95.8 Å². The van der Waals surface area contributed by atoms with E-state index in [1.807, 2.05) is 43.6 Å². The molecule has 0 saturated carbocycles. The minimum absolute atomic E-state index is 0.170. The van der Waals surface area contributed by atoms with Gasteiger partial charge in [0, 0.05) is 18.0 Å². The van der Waals surface area contributed by atoms with Gasteiger partial charge in [-0.15, -0.1) is 0 Å². The number of rotatable bonds is 3. The molecule has 0 aromatic heterocycles. The zero-order chi connectivity index (χ0) is 11.4. The van der Waals surface area contributed by atoms with Gasteiger partial charge in [-0.25, -0.2) is 0 Å². The van der Waals surface area contributed by atoms with Crippen molar-refractivity contribution < 1.29 is 4.74 Å². The number of benzene rings is 1. The molecule has 1 aliphatic heterocycles. The van der Waals surface area contributed by atoms with Gasteiger partial charge in [-0.05, 0) is 26.0 Å². The van der Waals surface area contributed by atoms with E-state index in [0.29, 0.717) is 6.61 Å². The van der Waals surface area contributed by atoms with Gasteiger partial charge in [0.25, 0.3) is 0 Å². The molecule has 3 nitrogen and oxygen atoms in total. The Kier molecular flexibility index (Phi) is 3.25. The molecule has 0 spiro atoms. The lowest BCUT2D eigenvalue weighted by Gasteiger charge is -2.14. The smallest absolute Gasteiger partial charge is 0.119 e. The van der Waals surface area contributed by atoms with Crippen molar-refractivity contribution in [1.29, 1.82) is 0 Å². The summed E-state index contributed by atoms with van der Waals surface area (Å²) in [5.41, 5.74) is 2.29. The van der Waals surface area contributed by atoms with Crippen molar-refractivity contribution in [1.82, 2.24) is 5.32 Å². The molecule has 1 atom stereocenters. The SMILES string of the molecule is Cc1ccc(OCC2=CNC(C)N=C2)cc1. The maximum absolute atomic E-state index is 5.64. The van der Waals surface area contributed by atoms with Crippen LogP contribution in [-0.2, 0) is 0 Å². The van der Waals surface area contributed by atoms with Gasteiger partial charge >= 0.3 is 0 Å². The zero-order valence-electron chi connectivity index (χ0n) is 9.60. The molecule has 0 radical (unpaired) electrons. The summed E-state index contributed by atoms with van der Waals surface area (Å²) in [4.78, 5) is 4.25. The molecule has 0 amide bonds. The van der Waals surface area contributed by atoms with E-state index in [4.69, 9.17) is 4.74 Å². The van der Waals surface area contributed by atoms with E-state index in [9.17, 15) is 0 Å². The summed E-state index contributed by atoms with van der Waals surface area (Å²) in [7, 11) is 0. The highest BCUT2D eigenvalue weighted by Crippen LogP contribution is 2.12. The molecule has 0 fully saturated rings. The predicted octanol–water partition coefficient (Wildman–Crippen LogP) is 2.28. The molecule has 1 aromatic rings. The van der Waals surface area contributed by atoms with Crippen LogP contribution in [-0.4, -0.2) is 19.0 Å². The molecule has 0 saturated heterocycles. The minimum Gasteiger partial charge on any atom is -0.489 e. The van der Waals surface area contributed by atoms with Gasteiger partial charge < -0.3 is 10.1 Å². The van der Waals surface area contributed by atoms with Gasteiger partial charge in [0.05, 0.1) is 0 Å². The predicted molar refractivity (Wildman–Crippen MR) is 65.8 cm³/mol. The Morgan fingerprint density at radius 3 is 2.69 bits per heavy atom. The van der Waals surface area contributed by atoms with E-state index < -0.39 is 0 Å². The van der Waals surface area contributed by atoms with E-state index in [1.54, 1.807) is 0 Å². The van der Waals surface area contributed by atoms with Crippen LogP contribution in [0, 0.1) is 6.92 Å². The average molecular weight is 216 g/mol. The summed E-state index contributed by atoms with van der Waals surface area (Å²) >= 11 is 0. The molecule has 3 heteroatoms. The number of aliphatic imine (C=N–C) groups is 1. The second kappa shape index (κ2) is 4.84. The number of nitrogens with zero attached hydrogens (tertiary/aromatic N) is 1. The van der Waals surface area contributed by atoms with Gasteiger partial charge in [-0.2, -0.15) is 0 Å². The minimum atomic E-state index is 0.170. The van der Waals surface area contributed by atoms with E-state index in [-0.39, 0.29) is 6.17 Å². The molecule has 1 aliphatic rings. The highest BCUT2D eigenvalue weighted by Gasteiger charge is 2.03. The van der Waals surface area contributed by atoms with Crippen molar-refractivity contribution in [3.8, 4) is 5.75 Å². The quantitative estimate of drug-likeness (QED) is 0.841. The summed E-state index contributed by atoms with van der Waals surface area (Å²) in [6.07, 6.45) is 3.98. The lowest BCUT2D eigenvalue weighted by molar-refractivity contribution is 0.356. The van der Waals surface area contributed by atoms with E-state index in [0.717, 1.165) is 11.3 Å². The third kappa shape index (κ3) is 2.86. The number of hydrogen-bond donors (Lipinski definition) is 1. The molecule has 1 heterocycles. The van der Waals surface area contributed by atoms with Crippen LogP contribution in [0.25, 0.3) is 0 Å². The lowest BCUT2D eigenvalue weighted by atomic mass is 10.2. The van der Waals surface area contributed by atoms with Crippen LogP contribution in [0.1, 0.15) is 12.5 Å². The first-order valence-electron chi connectivity index (χ1n) is 5.42. The van der Waals surface area contributed by atoms with Gasteiger partial charge in [0.2, 0.25) is 0 Å². The van der Waals surface area contributed by atoms with Crippen LogP contribution in [0.15, 0.2) is 41.0 Å². The van der Waals surface area contributed by atoms with Gasteiger partial charge in [-0.3, -0.25) is 4.99 Å². The topological polar surface area (TPSA) is 33.6 Å². The van der Waals surface area contributed by atoms with Crippen molar-refractivity contribution >= 4 is 6.21 Å². The summed E-state index contributed by atoms with van der Waals surface area (Å²) in [5.74, 6) is 0.888. The Hall–Kier alpha value is -1.77. The molecule has 1 N–H and O–H groups in total. The number of aryl methyl sites for hydroxylation is 1. The fourth-order valence-electron chi connectivity index (χ4n) is 1.40. The van der Waals surface area contributed by atoms with Crippen molar-refractivity contribution in [3.63, 3.8) is 0 Å². The molecule has 1 unspecified atom stereocenters. The molecular formula is C13H16N2O. The van der Waals surface area contributed by atoms with Crippen molar-refractivity contribution in [2.75, 3.05) is 6.61 Å². The van der Waals surface area contributed by atoms with Crippen molar-refractivity contribution in [2.45, 2.75) is 20.0 Å². The van der Waals surface area contributed by atoms with E-state index in [2.05, 4.69) is 17.2 Å². The zero-order valence-corrected chi connectivity index (χ0v) is 9.60. The molecule has 0 aliphatic carbocycles. The summed E-state index contributed by atoms with van der Waals surface area (Å²) in [6, 6.07) is 8.04. The molecule has 2 rings (SSSR count). The molecule has 16 heavy (non-hydrogen) atoms. The van der Waals surface area contributed by atoms with Crippen LogP contribution in [0.5, 0.6) is 5.75 Å². The van der Waals surface area contributed by atoms with Gasteiger partial charge in [0.15, 0.2) is 0 Å². The van der Waals surface area contributed by atoms with E-state index in [1.165, 1.54) is 5.56 Å². The Bertz CT molecular complexity index is 406. The van der Waals surface area contributed by atoms with Crippen molar-refractivity contribution in [2.24, 2.45) is 4.99 Å². The summed E-state index contributed by atoms with van der Waals surface area (Å²) in [5, 5.41) is 3.14. The molecular weight excluding hydrogens is 200 g/mol. The van der Waals surface area contributed by atoms with Crippen LogP contribution in [0.2, 0.25) is 0 Å². The standard InChI is InChI=1S/C13H16N2O/c1-10-3-5-13(6-4-10)16-9-12-7-14-11(2)15-8-12/h3-8,11,14H,9H2,1-2H3. The van der Waals surface area contributed by atoms with Gasteiger partial charge in [-0.1, -0.05) is 17.7 Å². The number of nitrogens with one attached hydrogen (secondary N) is 1. The molecule has 0 bridgehead atoms. The highest BCUT2D eigenvalue weighted by atomic mass is 16.5. The van der Waals surface area contributed by atoms with Crippen LogP contribution in [0.3, 0.4) is 0 Å². The monoisotopic (exact) mass is 216 g/mol. The van der Waals surface area contributed by atoms with Crippen LogP contribution < -0.4 is 10.1 Å². The highest BCUT2D eigenvalue weighted by molar-refractivity contribution is 5.79. The largest absolute Gasteiger partial charge is 0.489 e. The maximum atomic E-state index is 5.64. The molecule has 84 valence electrons. The maximum Gasteiger partial charge on any atom is 0.119 e. The average Bonchev–Trinajstić information content (AvgIpc) is 2.30. The number of hydrogen-bond acceptors (Lipinski definition) is 3. The Balaban J connectivity index is 1.88. The summed E-state index contributed by atoms with van der Waals surface area (Å²) in [6.45, 7) is 4.61. The Morgan fingerprint density at radius 2 is 2.06 bits per heavy atom. The third-order valence-corrected chi connectivity index (χ3v) is 2.40. The first-order chi connectivity index (χ1) is 7.74. The normalized spacial score (nSPS) is 18.9. The van der Waals surface area contributed by atoms with Crippen molar-refractivity contribution in [3.05, 3.63) is 41.6 Å².